The summed E-state index contributed by atoms with van der Waals surface area (Å²) in [5.41, 5.74) is 0.319. The minimum atomic E-state index is -0.0788. The fourth-order valence-electron chi connectivity index (χ4n) is 3.22. The van der Waals surface area contributed by atoms with E-state index in [1.54, 1.807) is 0 Å². The van der Waals surface area contributed by atoms with Gasteiger partial charge in [0.15, 0.2) is 0 Å². The second-order valence-corrected chi connectivity index (χ2v) is 5.97. The van der Waals surface area contributed by atoms with Gasteiger partial charge in [-0.2, -0.15) is 0 Å². The molecule has 1 unspecified atom stereocenters. The van der Waals surface area contributed by atoms with Crippen molar-refractivity contribution in [3.05, 3.63) is 0 Å². The first-order valence-corrected chi connectivity index (χ1v) is 6.53. The van der Waals surface area contributed by atoms with Crippen molar-refractivity contribution >= 4 is 0 Å². The smallest absolute Gasteiger partial charge is 0.0695 e. The monoisotopic (exact) mass is 211 g/mol. The van der Waals surface area contributed by atoms with Crippen molar-refractivity contribution in [2.24, 2.45) is 5.92 Å². The maximum absolute atomic E-state index is 10.2. The van der Waals surface area contributed by atoms with Gasteiger partial charge in [0.05, 0.1) is 6.10 Å². The highest BCUT2D eigenvalue weighted by Crippen LogP contribution is 2.32. The topological polar surface area (TPSA) is 23.5 Å². The molecular weight excluding hydrogens is 186 g/mol. The molecule has 2 aliphatic rings. The SMILES string of the molecule is CC1(C)CCCN1CC(O)C1CCCC1. The first-order valence-electron chi connectivity index (χ1n) is 6.53. The van der Waals surface area contributed by atoms with Gasteiger partial charge in [0.1, 0.15) is 0 Å². The lowest BCUT2D eigenvalue weighted by molar-refractivity contribution is 0.0424. The maximum Gasteiger partial charge on any atom is 0.0695 e. The Bertz CT molecular complexity index is 209. The zero-order valence-electron chi connectivity index (χ0n) is 10.2. The molecule has 2 rings (SSSR count). The highest BCUT2D eigenvalue weighted by Gasteiger charge is 2.34. The Balaban J connectivity index is 1.85. The van der Waals surface area contributed by atoms with Crippen LogP contribution in [0.4, 0.5) is 0 Å². The van der Waals surface area contributed by atoms with E-state index in [1.807, 2.05) is 0 Å². The maximum atomic E-state index is 10.2. The molecule has 1 saturated carbocycles. The van der Waals surface area contributed by atoms with Gasteiger partial charge in [-0.25, -0.2) is 0 Å². The lowest BCUT2D eigenvalue weighted by Gasteiger charge is -2.34. The number of nitrogens with zero attached hydrogens (tertiary/aromatic N) is 1. The van der Waals surface area contributed by atoms with Gasteiger partial charge in [0.2, 0.25) is 0 Å². The summed E-state index contributed by atoms with van der Waals surface area (Å²) >= 11 is 0. The largest absolute Gasteiger partial charge is 0.392 e. The number of hydrogen-bond acceptors (Lipinski definition) is 2. The Hall–Kier alpha value is -0.0800. The van der Waals surface area contributed by atoms with Crippen LogP contribution >= 0.6 is 0 Å². The molecule has 0 aromatic heterocycles. The number of likely N-dealkylation sites (tertiary alicyclic amines) is 1. The van der Waals surface area contributed by atoms with E-state index in [0.29, 0.717) is 11.5 Å². The second kappa shape index (κ2) is 4.42. The summed E-state index contributed by atoms with van der Waals surface area (Å²) in [6.07, 6.45) is 7.64. The Morgan fingerprint density at radius 2 is 1.93 bits per heavy atom. The molecule has 1 saturated heterocycles. The molecule has 1 atom stereocenters. The standard InChI is InChI=1S/C13H25NO/c1-13(2)8-5-9-14(13)10-12(15)11-6-3-4-7-11/h11-12,15H,3-10H2,1-2H3. The Labute approximate surface area is 93.7 Å². The van der Waals surface area contributed by atoms with Crippen molar-refractivity contribution < 1.29 is 5.11 Å². The zero-order chi connectivity index (χ0) is 10.9. The normalized spacial score (nSPS) is 29.8. The first kappa shape index (κ1) is 11.4. The van der Waals surface area contributed by atoms with Gasteiger partial charge >= 0.3 is 0 Å². The molecule has 88 valence electrons. The fraction of sp³-hybridized carbons (Fsp3) is 1.00. The summed E-state index contributed by atoms with van der Waals surface area (Å²) < 4.78 is 0. The van der Waals surface area contributed by atoms with Crippen LogP contribution in [-0.4, -0.2) is 34.7 Å². The third-order valence-corrected chi connectivity index (χ3v) is 4.42. The van der Waals surface area contributed by atoms with Crippen molar-refractivity contribution in [1.82, 2.24) is 4.90 Å². The summed E-state index contributed by atoms with van der Waals surface area (Å²) in [5, 5.41) is 10.2. The van der Waals surface area contributed by atoms with Crippen molar-refractivity contribution in [3.8, 4) is 0 Å². The lowest BCUT2D eigenvalue weighted by Crippen LogP contribution is -2.44. The Morgan fingerprint density at radius 1 is 1.27 bits per heavy atom. The summed E-state index contributed by atoms with van der Waals surface area (Å²) in [7, 11) is 0. The Kier molecular flexibility index (Phi) is 3.36. The summed E-state index contributed by atoms with van der Waals surface area (Å²) in [5.74, 6) is 0.585. The molecule has 2 nitrogen and oxygen atoms in total. The molecule has 0 bridgehead atoms. The number of aliphatic hydroxyl groups excluding tert-OH is 1. The molecular formula is C13H25NO. The third-order valence-electron chi connectivity index (χ3n) is 4.42. The molecule has 0 amide bonds. The van der Waals surface area contributed by atoms with Gasteiger partial charge in [-0.3, -0.25) is 4.90 Å². The van der Waals surface area contributed by atoms with Crippen LogP contribution in [0.3, 0.4) is 0 Å². The van der Waals surface area contributed by atoms with Crippen LogP contribution in [0.5, 0.6) is 0 Å². The van der Waals surface area contributed by atoms with Gasteiger partial charge in [-0.05, 0) is 52.0 Å². The van der Waals surface area contributed by atoms with Crippen LogP contribution in [0.25, 0.3) is 0 Å². The van der Waals surface area contributed by atoms with E-state index < -0.39 is 0 Å². The average molecular weight is 211 g/mol. The highest BCUT2D eigenvalue weighted by molar-refractivity contribution is 4.90. The van der Waals surface area contributed by atoms with Crippen LogP contribution in [0, 0.1) is 5.92 Å². The highest BCUT2D eigenvalue weighted by atomic mass is 16.3. The molecule has 0 radical (unpaired) electrons. The van der Waals surface area contributed by atoms with Gasteiger partial charge < -0.3 is 5.11 Å². The number of rotatable bonds is 3. The molecule has 1 aliphatic heterocycles. The minimum absolute atomic E-state index is 0.0788. The van der Waals surface area contributed by atoms with Crippen LogP contribution < -0.4 is 0 Å². The molecule has 1 heterocycles. The summed E-state index contributed by atoms with van der Waals surface area (Å²) in [6, 6.07) is 0. The summed E-state index contributed by atoms with van der Waals surface area (Å²) in [4.78, 5) is 2.48. The zero-order valence-corrected chi connectivity index (χ0v) is 10.2. The van der Waals surface area contributed by atoms with Crippen molar-refractivity contribution in [2.75, 3.05) is 13.1 Å². The van der Waals surface area contributed by atoms with Gasteiger partial charge in [0, 0.05) is 12.1 Å². The molecule has 15 heavy (non-hydrogen) atoms. The van der Waals surface area contributed by atoms with Crippen LogP contribution in [0.2, 0.25) is 0 Å². The number of aliphatic hydroxyl groups is 1. The summed E-state index contributed by atoms with van der Waals surface area (Å²) in [6.45, 7) is 6.69. The number of hydrogen-bond donors (Lipinski definition) is 1. The van der Waals surface area contributed by atoms with E-state index in [-0.39, 0.29) is 6.10 Å². The minimum Gasteiger partial charge on any atom is -0.392 e. The average Bonchev–Trinajstić information content (AvgIpc) is 2.76. The van der Waals surface area contributed by atoms with Crippen LogP contribution in [0.1, 0.15) is 52.4 Å². The second-order valence-electron chi connectivity index (χ2n) is 5.97. The van der Waals surface area contributed by atoms with Crippen LogP contribution in [0.15, 0.2) is 0 Å². The van der Waals surface area contributed by atoms with Gasteiger partial charge in [0.25, 0.3) is 0 Å². The molecule has 1 aliphatic carbocycles. The molecule has 2 heteroatoms. The van der Waals surface area contributed by atoms with Gasteiger partial charge in [-0.15, -0.1) is 0 Å². The van der Waals surface area contributed by atoms with Crippen LogP contribution in [-0.2, 0) is 0 Å². The van der Waals surface area contributed by atoms with Gasteiger partial charge in [-0.1, -0.05) is 12.8 Å². The molecule has 0 spiro atoms. The molecule has 1 N–H and O–H groups in total. The van der Waals surface area contributed by atoms with Crippen molar-refractivity contribution in [1.29, 1.82) is 0 Å². The third kappa shape index (κ3) is 2.54. The van der Waals surface area contributed by atoms with E-state index in [0.717, 1.165) is 6.54 Å². The first-order chi connectivity index (χ1) is 7.09. The predicted molar refractivity (Wildman–Crippen MR) is 62.9 cm³/mol. The quantitative estimate of drug-likeness (QED) is 0.775. The van der Waals surface area contributed by atoms with E-state index in [4.69, 9.17) is 0 Å². The van der Waals surface area contributed by atoms with E-state index in [1.165, 1.54) is 45.1 Å². The number of β-amino-alcohol motifs (C(OH)–C–C–N with tert-alkyl or cyclic N) is 1. The lowest BCUT2D eigenvalue weighted by atomic mass is 9.97. The molecule has 0 aromatic carbocycles. The van der Waals surface area contributed by atoms with Crippen molar-refractivity contribution in [2.45, 2.75) is 64.0 Å². The Morgan fingerprint density at radius 3 is 2.47 bits per heavy atom. The molecule has 0 aromatic rings. The predicted octanol–water partition coefficient (Wildman–Crippen LogP) is 2.41. The van der Waals surface area contributed by atoms with E-state index in [2.05, 4.69) is 18.7 Å². The fourth-order valence-corrected chi connectivity index (χ4v) is 3.22. The van der Waals surface area contributed by atoms with E-state index in [9.17, 15) is 5.11 Å². The van der Waals surface area contributed by atoms with Crippen molar-refractivity contribution in [3.63, 3.8) is 0 Å². The van der Waals surface area contributed by atoms with E-state index >= 15 is 0 Å². The molecule has 2 fully saturated rings.